The Labute approximate surface area is 160 Å². The molecule has 6 nitrogen and oxygen atoms in total. The van der Waals surface area contributed by atoms with Crippen molar-refractivity contribution in [3.05, 3.63) is 48.5 Å². The van der Waals surface area contributed by atoms with Gasteiger partial charge in [0.05, 0.1) is 24.6 Å². The Hall–Kier alpha value is -2.89. The molecule has 0 saturated heterocycles. The number of benzene rings is 2. The van der Waals surface area contributed by atoms with Gasteiger partial charge in [-0.25, -0.2) is 4.79 Å². The van der Waals surface area contributed by atoms with Crippen LogP contribution in [0.2, 0.25) is 0 Å². The van der Waals surface area contributed by atoms with E-state index < -0.39 is 6.16 Å². The summed E-state index contributed by atoms with van der Waals surface area (Å²) >= 11 is 0. The van der Waals surface area contributed by atoms with Gasteiger partial charge in [-0.1, -0.05) is 26.7 Å². The van der Waals surface area contributed by atoms with Crippen LogP contribution in [-0.2, 0) is 4.74 Å². The minimum atomic E-state index is -0.695. The summed E-state index contributed by atoms with van der Waals surface area (Å²) < 4.78 is 15.6. The quantitative estimate of drug-likeness (QED) is 0.204. The van der Waals surface area contributed by atoms with Crippen LogP contribution in [0.4, 0.5) is 16.2 Å². The third kappa shape index (κ3) is 7.90. The first-order valence-electron chi connectivity index (χ1n) is 9.30. The SMILES string of the molecule is CCCCOC(=O)Oc1ccc(/N=N/c2ccc(OCCCC)cc2)cc1. The molecule has 0 spiro atoms. The molecule has 0 bridgehead atoms. The molecule has 0 fully saturated rings. The van der Waals surface area contributed by atoms with Crippen molar-refractivity contribution in [2.45, 2.75) is 39.5 Å². The van der Waals surface area contributed by atoms with E-state index in [9.17, 15) is 4.79 Å². The second kappa shape index (κ2) is 11.7. The Kier molecular flexibility index (Phi) is 8.83. The van der Waals surface area contributed by atoms with Crippen LogP contribution in [-0.4, -0.2) is 19.4 Å². The first kappa shape index (κ1) is 20.4. The number of unbranched alkanes of at least 4 members (excludes halogenated alkanes) is 2. The lowest BCUT2D eigenvalue weighted by Gasteiger charge is -2.05. The van der Waals surface area contributed by atoms with Gasteiger partial charge >= 0.3 is 6.16 Å². The molecule has 0 amide bonds. The summed E-state index contributed by atoms with van der Waals surface area (Å²) in [6, 6.07) is 14.2. The van der Waals surface area contributed by atoms with Gasteiger partial charge < -0.3 is 14.2 Å². The molecule has 0 aliphatic heterocycles. The molecule has 6 heteroatoms. The lowest BCUT2D eigenvalue weighted by molar-refractivity contribution is 0.0978. The van der Waals surface area contributed by atoms with Crippen LogP contribution in [0.1, 0.15) is 39.5 Å². The first-order chi connectivity index (χ1) is 13.2. The third-order valence-corrected chi connectivity index (χ3v) is 3.64. The minimum Gasteiger partial charge on any atom is -0.494 e. The van der Waals surface area contributed by atoms with Crippen molar-refractivity contribution in [1.82, 2.24) is 0 Å². The normalized spacial score (nSPS) is 10.7. The molecule has 0 heterocycles. The van der Waals surface area contributed by atoms with E-state index in [1.807, 2.05) is 31.2 Å². The van der Waals surface area contributed by atoms with E-state index in [1.165, 1.54) is 0 Å². The van der Waals surface area contributed by atoms with E-state index in [1.54, 1.807) is 24.3 Å². The molecule has 144 valence electrons. The summed E-state index contributed by atoms with van der Waals surface area (Å²) in [6.07, 6.45) is 3.23. The van der Waals surface area contributed by atoms with Crippen LogP contribution in [0, 0.1) is 0 Å². The molecule has 0 N–H and O–H groups in total. The maximum absolute atomic E-state index is 11.5. The molecule has 0 saturated carbocycles. The van der Waals surface area contributed by atoms with Crippen LogP contribution in [0.3, 0.4) is 0 Å². The second-order valence-corrected chi connectivity index (χ2v) is 5.94. The smallest absolute Gasteiger partial charge is 0.494 e. The minimum absolute atomic E-state index is 0.365. The van der Waals surface area contributed by atoms with Crippen molar-refractivity contribution in [1.29, 1.82) is 0 Å². The molecule has 0 unspecified atom stereocenters. The van der Waals surface area contributed by atoms with Gasteiger partial charge in [0, 0.05) is 0 Å². The molecular formula is C21H26N2O4. The van der Waals surface area contributed by atoms with Crippen LogP contribution >= 0.6 is 0 Å². The van der Waals surface area contributed by atoms with E-state index >= 15 is 0 Å². The van der Waals surface area contributed by atoms with Gasteiger partial charge in [-0.05, 0) is 61.4 Å². The van der Waals surface area contributed by atoms with Crippen molar-refractivity contribution in [3.63, 3.8) is 0 Å². The zero-order valence-electron chi connectivity index (χ0n) is 15.9. The Bertz CT molecular complexity index is 712. The Morgan fingerprint density at radius 1 is 0.778 bits per heavy atom. The van der Waals surface area contributed by atoms with E-state index in [-0.39, 0.29) is 0 Å². The molecule has 0 aliphatic rings. The lowest BCUT2D eigenvalue weighted by Crippen LogP contribution is -2.11. The summed E-state index contributed by atoms with van der Waals surface area (Å²) in [5, 5.41) is 8.37. The molecule has 0 radical (unpaired) electrons. The van der Waals surface area contributed by atoms with Gasteiger partial charge in [-0.2, -0.15) is 10.2 Å². The van der Waals surface area contributed by atoms with Gasteiger partial charge in [0.2, 0.25) is 0 Å². The van der Waals surface area contributed by atoms with Gasteiger partial charge in [0.1, 0.15) is 11.5 Å². The first-order valence-corrected chi connectivity index (χ1v) is 9.30. The van der Waals surface area contributed by atoms with Gasteiger partial charge in [0.15, 0.2) is 0 Å². The number of ether oxygens (including phenoxy) is 3. The maximum atomic E-state index is 11.5. The third-order valence-electron chi connectivity index (χ3n) is 3.64. The molecule has 0 atom stereocenters. The average molecular weight is 370 g/mol. The van der Waals surface area contributed by atoms with Crippen molar-refractivity contribution in [3.8, 4) is 11.5 Å². The number of carbonyl (C=O) groups excluding carboxylic acids is 1. The van der Waals surface area contributed by atoms with Crippen molar-refractivity contribution in [2.24, 2.45) is 10.2 Å². The molecular weight excluding hydrogens is 344 g/mol. The number of hydrogen-bond acceptors (Lipinski definition) is 6. The Balaban J connectivity index is 1.83. The standard InChI is InChI=1S/C21H26N2O4/c1-3-5-15-25-19-11-7-17(8-12-19)22-23-18-9-13-20(14-10-18)27-21(24)26-16-6-4-2/h7-14H,3-6,15-16H2,1-2H3/b23-22+. The molecule has 0 aromatic heterocycles. The molecule has 2 rings (SSSR count). The van der Waals surface area contributed by atoms with E-state index in [0.717, 1.165) is 43.7 Å². The van der Waals surface area contributed by atoms with Crippen molar-refractivity contribution < 1.29 is 19.0 Å². The number of rotatable bonds is 10. The summed E-state index contributed by atoms with van der Waals surface area (Å²) in [5.74, 6) is 1.23. The zero-order valence-corrected chi connectivity index (χ0v) is 15.9. The lowest BCUT2D eigenvalue weighted by atomic mass is 10.3. The van der Waals surface area contributed by atoms with Crippen molar-refractivity contribution >= 4 is 17.5 Å². The fourth-order valence-corrected chi connectivity index (χ4v) is 2.07. The molecule has 27 heavy (non-hydrogen) atoms. The average Bonchev–Trinajstić information content (AvgIpc) is 2.69. The largest absolute Gasteiger partial charge is 0.513 e. The Morgan fingerprint density at radius 3 is 1.85 bits per heavy atom. The predicted octanol–water partition coefficient (Wildman–Crippen LogP) is 6.60. The summed E-state index contributed by atoms with van der Waals surface area (Å²) in [5.41, 5.74) is 1.39. The molecule has 2 aromatic rings. The van der Waals surface area contributed by atoms with Gasteiger partial charge in [-0.3, -0.25) is 0 Å². The van der Waals surface area contributed by atoms with Crippen LogP contribution in [0.5, 0.6) is 11.5 Å². The fourth-order valence-electron chi connectivity index (χ4n) is 2.07. The molecule has 0 aliphatic carbocycles. The molecule has 2 aromatic carbocycles. The topological polar surface area (TPSA) is 69.5 Å². The number of nitrogens with zero attached hydrogens (tertiary/aromatic N) is 2. The monoisotopic (exact) mass is 370 g/mol. The fraction of sp³-hybridized carbons (Fsp3) is 0.381. The predicted molar refractivity (Wildman–Crippen MR) is 104 cm³/mol. The zero-order chi connectivity index (χ0) is 19.3. The highest BCUT2D eigenvalue weighted by molar-refractivity contribution is 5.64. The van der Waals surface area contributed by atoms with Crippen LogP contribution in [0.25, 0.3) is 0 Å². The second-order valence-electron chi connectivity index (χ2n) is 5.94. The maximum Gasteiger partial charge on any atom is 0.513 e. The summed E-state index contributed by atoms with van der Waals surface area (Å²) in [6.45, 7) is 5.24. The van der Waals surface area contributed by atoms with E-state index in [0.29, 0.717) is 18.0 Å². The van der Waals surface area contributed by atoms with Gasteiger partial charge in [0.25, 0.3) is 0 Å². The number of carbonyl (C=O) groups is 1. The number of azo groups is 1. The van der Waals surface area contributed by atoms with E-state index in [4.69, 9.17) is 14.2 Å². The van der Waals surface area contributed by atoms with Crippen LogP contribution in [0.15, 0.2) is 58.8 Å². The van der Waals surface area contributed by atoms with E-state index in [2.05, 4.69) is 17.2 Å². The van der Waals surface area contributed by atoms with Crippen molar-refractivity contribution in [2.75, 3.05) is 13.2 Å². The van der Waals surface area contributed by atoms with Crippen LogP contribution < -0.4 is 9.47 Å². The highest BCUT2D eigenvalue weighted by atomic mass is 16.7. The highest BCUT2D eigenvalue weighted by Crippen LogP contribution is 2.23. The summed E-state index contributed by atoms with van der Waals surface area (Å²) in [7, 11) is 0. The highest BCUT2D eigenvalue weighted by Gasteiger charge is 2.05. The number of hydrogen-bond donors (Lipinski definition) is 0. The van der Waals surface area contributed by atoms with Gasteiger partial charge in [-0.15, -0.1) is 0 Å². The summed E-state index contributed by atoms with van der Waals surface area (Å²) in [4.78, 5) is 11.5. The Morgan fingerprint density at radius 2 is 1.30 bits per heavy atom.